The highest BCUT2D eigenvalue weighted by Gasteiger charge is 2.37. The normalized spacial score (nSPS) is 15.7. The number of imide groups is 2. The first-order chi connectivity index (χ1) is 17.9. The highest BCUT2D eigenvalue weighted by molar-refractivity contribution is 6.39. The van der Waals surface area contributed by atoms with Crippen LogP contribution in [0, 0.1) is 0 Å². The van der Waals surface area contributed by atoms with E-state index >= 15 is 0 Å². The van der Waals surface area contributed by atoms with E-state index in [4.69, 9.17) is 30.5 Å². The third-order valence-electron chi connectivity index (χ3n) is 5.60. The largest absolute Gasteiger partial charge is 0.490 e. The SMILES string of the molecule is CCOc1cc(/C=C2\C(=O)NC(=O)N(c3ccc4c(c3)OCO4)C2=O)ccc1OCc1ccc(Cl)cc1. The van der Waals surface area contributed by atoms with E-state index in [1.54, 1.807) is 42.5 Å². The van der Waals surface area contributed by atoms with Crippen LogP contribution in [0.1, 0.15) is 18.1 Å². The number of barbiturate groups is 1. The minimum Gasteiger partial charge on any atom is -0.490 e. The van der Waals surface area contributed by atoms with Gasteiger partial charge in [0.25, 0.3) is 11.8 Å². The summed E-state index contributed by atoms with van der Waals surface area (Å²) in [7, 11) is 0. The minimum atomic E-state index is -0.855. The summed E-state index contributed by atoms with van der Waals surface area (Å²) in [5.74, 6) is 0.272. The maximum absolute atomic E-state index is 13.3. The molecule has 0 spiro atoms. The molecule has 0 radical (unpaired) electrons. The van der Waals surface area contributed by atoms with Crippen LogP contribution in [0.3, 0.4) is 0 Å². The van der Waals surface area contributed by atoms with E-state index in [1.807, 2.05) is 19.1 Å². The fraction of sp³-hybridized carbons (Fsp3) is 0.148. The van der Waals surface area contributed by atoms with Gasteiger partial charge in [0.1, 0.15) is 12.2 Å². The summed E-state index contributed by atoms with van der Waals surface area (Å²) in [4.78, 5) is 39.2. The molecule has 5 rings (SSSR count). The van der Waals surface area contributed by atoms with Gasteiger partial charge in [0.2, 0.25) is 6.79 Å². The summed E-state index contributed by atoms with van der Waals surface area (Å²) in [5, 5.41) is 2.85. The number of nitrogens with one attached hydrogen (secondary N) is 1. The summed E-state index contributed by atoms with van der Waals surface area (Å²) in [6, 6.07) is 16.1. The van der Waals surface area contributed by atoms with Crippen LogP contribution in [0.25, 0.3) is 6.08 Å². The average Bonchev–Trinajstić information content (AvgIpc) is 3.35. The van der Waals surface area contributed by atoms with Crippen molar-refractivity contribution in [3.8, 4) is 23.0 Å². The number of carbonyl (C=O) groups excluding carboxylic acids is 3. The fourth-order valence-electron chi connectivity index (χ4n) is 3.83. The molecule has 1 fully saturated rings. The molecule has 2 aliphatic heterocycles. The van der Waals surface area contributed by atoms with Gasteiger partial charge in [-0.05, 0) is 60.5 Å². The number of carbonyl (C=O) groups is 3. The molecule has 3 aromatic rings. The second-order valence-electron chi connectivity index (χ2n) is 8.05. The Balaban J connectivity index is 1.41. The van der Waals surface area contributed by atoms with Crippen molar-refractivity contribution in [1.29, 1.82) is 0 Å². The van der Waals surface area contributed by atoms with Crippen molar-refractivity contribution in [1.82, 2.24) is 5.32 Å². The highest BCUT2D eigenvalue weighted by atomic mass is 35.5. The number of fused-ring (bicyclic) bond motifs is 1. The van der Waals surface area contributed by atoms with Crippen molar-refractivity contribution in [3.05, 3.63) is 82.4 Å². The van der Waals surface area contributed by atoms with Crippen molar-refractivity contribution < 1.29 is 33.3 Å². The highest BCUT2D eigenvalue weighted by Crippen LogP contribution is 2.36. The lowest BCUT2D eigenvalue weighted by atomic mass is 10.1. The number of anilines is 1. The van der Waals surface area contributed by atoms with Crippen LogP contribution in [0.15, 0.2) is 66.2 Å². The fourth-order valence-corrected chi connectivity index (χ4v) is 3.95. The smallest absolute Gasteiger partial charge is 0.335 e. The van der Waals surface area contributed by atoms with Gasteiger partial charge in [-0.25, -0.2) is 9.69 Å². The standard InChI is InChI=1S/C27H21ClN2O7/c1-2-34-23-12-17(5-9-21(23)35-14-16-3-6-18(28)7-4-16)11-20-25(31)29-27(33)30(26(20)32)19-8-10-22-24(13-19)37-15-36-22/h3-13H,2,14-15H2,1H3,(H,29,31,33)/b20-11+. The maximum Gasteiger partial charge on any atom is 0.335 e. The molecule has 0 atom stereocenters. The Bertz CT molecular complexity index is 1420. The van der Waals surface area contributed by atoms with Gasteiger partial charge in [-0.2, -0.15) is 0 Å². The second-order valence-corrected chi connectivity index (χ2v) is 8.49. The number of rotatable bonds is 7. The molecule has 0 saturated carbocycles. The summed E-state index contributed by atoms with van der Waals surface area (Å²) in [5.41, 5.74) is 1.47. The van der Waals surface area contributed by atoms with Gasteiger partial charge < -0.3 is 18.9 Å². The van der Waals surface area contributed by atoms with Crippen LogP contribution in [-0.2, 0) is 16.2 Å². The van der Waals surface area contributed by atoms with Gasteiger partial charge in [0.15, 0.2) is 23.0 Å². The quantitative estimate of drug-likeness (QED) is 0.355. The number of urea groups is 1. The van der Waals surface area contributed by atoms with Gasteiger partial charge >= 0.3 is 6.03 Å². The van der Waals surface area contributed by atoms with Gasteiger partial charge in [-0.3, -0.25) is 14.9 Å². The Morgan fingerprint density at radius 2 is 1.73 bits per heavy atom. The molecule has 1 saturated heterocycles. The number of ether oxygens (including phenoxy) is 4. The van der Waals surface area contributed by atoms with Gasteiger partial charge in [-0.1, -0.05) is 29.8 Å². The third-order valence-corrected chi connectivity index (χ3v) is 5.85. The van der Waals surface area contributed by atoms with E-state index in [0.717, 1.165) is 10.5 Å². The van der Waals surface area contributed by atoms with Gasteiger partial charge in [0, 0.05) is 11.1 Å². The summed E-state index contributed by atoms with van der Waals surface area (Å²) >= 11 is 5.94. The van der Waals surface area contributed by atoms with Crippen LogP contribution in [0.5, 0.6) is 23.0 Å². The Kier molecular flexibility index (Phi) is 6.70. The predicted molar refractivity (Wildman–Crippen MR) is 135 cm³/mol. The Morgan fingerprint density at radius 1 is 0.946 bits per heavy atom. The first-order valence-corrected chi connectivity index (χ1v) is 11.8. The third kappa shape index (κ3) is 5.07. The molecule has 37 heavy (non-hydrogen) atoms. The average molecular weight is 521 g/mol. The van der Waals surface area contributed by atoms with Crippen molar-refractivity contribution >= 4 is 41.2 Å². The summed E-state index contributed by atoms with van der Waals surface area (Å²) in [6.07, 6.45) is 1.40. The van der Waals surface area contributed by atoms with E-state index in [2.05, 4.69) is 5.32 Å². The van der Waals surface area contributed by atoms with E-state index in [0.29, 0.717) is 46.8 Å². The molecule has 0 unspecified atom stereocenters. The molecule has 0 aromatic heterocycles. The zero-order valence-corrected chi connectivity index (χ0v) is 20.4. The van der Waals surface area contributed by atoms with Crippen molar-refractivity contribution in [2.24, 2.45) is 0 Å². The molecule has 188 valence electrons. The van der Waals surface area contributed by atoms with Crippen LogP contribution >= 0.6 is 11.6 Å². The Morgan fingerprint density at radius 3 is 2.51 bits per heavy atom. The number of hydrogen-bond acceptors (Lipinski definition) is 7. The number of hydrogen-bond donors (Lipinski definition) is 1. The molecule has 9 nitrogen and oxygen atoms in total. The van der Waals surface area contributed by atoms with Crippen molar-refractivity contribution in [3.63, 3.8) is 0 Å². The number of benzene rings is 3. The first kappa shape index (κ1) is 24.2. The van der Waals surface area contributed by atoms with E-state index < -0.39 is 17.8 Å². The van der Waals surface area contributed by atoms with Crippen LogP contribution in [0.4, 0.5) is 10.5 Å². The molecular weight excluding hydrogens is 500 g/mol. The molecule has 2 aliphatic rings. The van der Waals surface area contributed by atoms with Crippen LogP contribution in [-0.4, -0.2) is 31.2 Å². The van der Waals surface area contributed by atoms with Crippen LogP contribution in [0.2, 0.25) is 5.02 Å². The number of halogens is 1. The molecule has 4 amide bonds. The number of amides is 4. The second kappa shape index (κ2) is 10.2. The van der Waals surface area contributed by atoms with E-state index in [-0.39, 0.29) is 18.1 Å². The lowest BCUT2D eigenvalue weighted by Gasteiger charge is -2.26. The molecule has 0 aliphatic carbocycles. The van der Waals surface area contributed by atoms with Gasteiger partial charge in [-0.15, -0.1) is 0 Å². The summed E-state index contributed by atoms with van der Waals surface area (Å²) in [6.45, 7) is 2.56. The van der Waals surface area contributed by atoms with E-state index in [1.165, 1.54) is 12.1 Å². The maximum atomic E-state index is 13.3. The first-order valence-electron chi connectivity index (χ1n) is 11.4. The predicted octanol–water partition coefficient (Wildman–Crippen LogP) is 4.71. The molecule has 2 heterocycles. The van der Waals surface area contributed by atoms with Crippen molar-refractivity contribution in [2.75, 3.05) is 18.3 Å². The zero-order valence-electron chi connectivity index (χ0n) is 19.7. The lowest BCUT2D eigenvalue weighted by molar-refractivity contribution is -0.122. The topological polar surface area (TPSA) is 103 Å². The molecule has 10 heteroatoms. The molecule has 3 aromatic carbocycles. The molecular formula is C27H21ClN2O7. The van der Waals surface area contributed by atoms with E-state index in [9.17, 15) is 14.4 Å². The van der Waals surface area contributed by atoms with Gasteiger partial charge in [0.05, 0.1) is 12.3 Å². The molecule has 0 bridgehead atoms. The monoisotopic (exact) mass is 520 g/mol. The Hall–Kier alpha value is -4.50. The van der Waals surface area contributed by atoms with Crippen molar-refractivity contribution in [2.45, 2.75) is 13.5 Å². The lowest BCUT2D eigenvalue weighted by Crippen LogP contribution is -2.54. The van der Waals surface area contributed by atoms with Crippen LogP contribution < -0.4 is 29.2 Å². The zero-order chi connectivity index (χ0) is 25.9. The Labute approximate surface area is 217 Å². The molecule has 1 N–H and O–H groups in total. The summed E-state index contributed by atoms with van der Waals surface area (Å²) < 4.78 is 22.3. The minimum absolute atomic E-state index is 0.0458. The number of nitrogens with zero attached hydrogens (tertiary/aromatic N) is 1.